The van der Waals surface area contributed by atoms with Crippen LogP contribution in [-0.2, 0) is 10.4 Å². The van der Waals surface area contributed by atoms with E-state index in [0.717, 1.165) is 5.56 Å². The van der Waals surface area contributed by atoms with Crippen LogP contribution in [0, 0.1) is 0 Å². The molecule has 0 aliphatic heterocycles. The van der Waals surface area contributed by atoms with E-state index < -0.39 is 11.5 Å². The maximum atomic E-state index is 11.7. The second-order valence-corrected chi connectivity index (χ2v) is 4.18. The second-order valence-electron chi connectivity index (χ2n) is 4.18. The Labute approximate surface area is 106 Å². The molecule has 2 aromatic carbocycles. The molecule has 18 heavy (non-hydrogen) atoms. The van der Waals surface area contributed by atoms with Gasteiger partial charge in [0.1, 0.15) is 5.75 Å². The van der Waals surface area contributed by atoms with Gasteiger partial charge in [0.05, 0.1) is 0 Å². The van der Waals surface area contributed by atoms with Crippen LogP contribution >= 0.6 is 0 Å². The normalized spacial score (nSPS) is 13.6. The van der Waals surface area contributed by atoms with Crippen molar-refractivity contribution in [3.8, 4) is 5.75 Å². The van der Waals surface area contributed by atoms with Crippen LogP contribution < -0.4 is 10.5 Å². The van der Waals surface area contributed by atoms with Crippen molar-refractivity contribution >= 4 is 5.91 Å². The minimum atomic E-state index is -1.16. The first-order chi connectivity index (χ1) is 8.63. The van der Waals surface area contributed by atoms with Crippen LogP contribution in [0.25, 0.3) is 0 Å². The van der Waals surface area contributed by atoms with Gasteiger partial charge < -0.3 is 10.5 Å². The highest BCUT2D eigenvalue weighted by atomic mass is 16.5. The first kappa shape index (κ1) is 12.2. The van der Waals surface area contributed by atoms with Crippen LogP contribution in [0.2, 0.25) is 0 Å². The molecule has 2 N–H and O–H groups in total. The SMILES string of the molecule is CC(Oc1ccccc1)(C(N)=O)c1ccccc1. The molecule has 3 heteroatoms. The summed E-state index contributed by atoms with van der Waals surface area (Å²) in [4.78, 5) is 11.7. The average molecular weight is 241 g/mol. The van der Waals surface area contributed by atoms with Crippen LogP contribution in [0.1, 0.15) is 12.5 Å². The summed E-state index contributed by atoms with van der Waals surface area (Å²) in [5.74, 6) is 0.0974. The largest absolute Gasteiger partial charge is 0.473 e. The quantitative estimate of drug-likeness (QED) is 0.894. The fourth-order valence-corrected chi connectivity index (χ4v) is 1.73. The number of rotatable bonds is 4. The number of benzene rings is 2. The number of primary amides is 1. The van der Waals surface area contributed by atoms with Crippen molar-refractivity contribution in [3.05, 3.63) is 66.2 Å². The molecule has 92 valence electrons. The maximum Gasteiger partial charge on any atom is 0.266 e. The van der Waals surface area contributed by atoms with Crippen molar-refractivity contribution in [3.63, 3.8) is 0 Å². The molecule has 0 saturated carbocycles. The third kappa shape index (κ3) is 2.35. The van der Waals surface area contributed by atoms with Gasteiger partial charge in [0.25, 0.3) is 5.91 Å². The van der Waals surface area contributed by atoms with Gasteiger partial charge in [-0.3, -0.25) is 4.79 Å². The topological polar surface area (TPSA) is 52.3 Å². The maximum absolute atomic E-state index is 11.7. The number of carbonyl (C=O) groups is 1. The Kier molecular flexibility index (Phi) is 3.33. The molecule has 0 radical (unpaired) electrons. The minimum absolute atomic E-state index is 0.516. The lowest BCUT2D eigenvalue weighted by Crippen LogP contribution is -2.43. The molecule has 3 nitrogen and oxygen atoms in total. The summed E-state index contributed by atoms with van der Waals surface area (Å²) in [7, 11) is 0. The summed E-state index contributed by atoms with van der Waals surface area (Å²) < 4.78 is 5.77. The molecule has 0 bridgehead atoms. The van der Waals surface area contributed by atoms with E-state index in [9.17, 15) is 4.79 Å². The second kappa shape index (κ2) is 4.92. The standard InChI is InChI=1S/C15H15NO2/c1-15(14(16)17,12-8-4-2-5-9-12)18-13-10-6-3-7-11-13/h2-11H,1H3,(H2,16,17). The lowest BCUT2D eigenvalue weighted by atomic mass is 9.95. The van der Waals surface area contributed by atoms with E-state index in [1.165, 1.54) is 0 Å². The zero-order chi connectivity index (χ0) is 13.0. The van der Waals surface area contributed by atoms with Gasteiger partial charge in [-0.2, -0.15) is 0 Å². The van der Waals surface area contributed by atoms with Crippen molar-refractivity contribution in [1.29, 1.82) is 0 Å². The fraction of sp³-hybridized carbons (Fsp3) is 0.133. The van der Waals surface area contributed by atoms with Gasteiger partial charge in [0.2, 0.25) is 5.60 Å². The lowest BCUT2D eigenvalue weighted by molar-refractivity contribution is -0.132. The molecule has 0 aromatic heterocycles. The Bertz CT molecular complexity index is 525. The Morgan fingerprint density at radius 1 is 1.00 bits per heavy atom. The third-order valence-electron chi connectivity index (χ3n) is 2.86. The number of para-hydroxylation sites is 1. The monoisotopic (exact) mass is 241 g/mol. The van der Waals surface area contributed by atoms with Gasteiger partial charge in [-0.05, 0) is 19.1 Å². The number of ether oxygens (including phenoxy) is 1. The summed E-state index contributed by atoms with van der Waals surface area (Å²) >= 11 is 0. The van der Waals surface area contributed by atoms with Crippen molar-refractivity contribution in [2.24, 2.45) is 5.73 Å². The van der Waals surface area contributed by atoms with E-state index >= 15 is 0 Å². The van der Waals surface area contributed by atoms with Crippen LogP contribution in [0.4, 0.5) is 0 Å². The Morgan fingerprint density at radius 2 is 1.50 bits per heavy atom. The third-order valence-corrected chi connectivity index (χ3v) is 2.86. The van der Waals surface area contributed by atoms with Crippen LogP contribution in [0.15, 0.2) is 60.7 Å². The number of carbonyl (C=O) groups excluding carboxylic acids is 1. The highest BCUT2D eigenvalue weighted by molar-refractivity contribution is 5.85. The van der Waals surface area contributed by atoms with Gasteiger partial charge in [0, 0.05) is 5.56 Å². The van der Waals surface area contributed by atoms with Crippen molar-refractivity contribution < 1.29 is 9.53 Å². The van der Waals surface area contributed by atoms with Gasteiger partial charge >= 0.3 is 0 Å². The molecular weight excluding hydrogens is 226 g/mol. The number of hydrogen-bond donors (Lipinski definition) is 1. The molecule has 1 atom stereocenters. The van der Waals surface area contributed by atoms with E-state index in [2.05, 4.69) is 0 Å². The van der Waals surface area contributed by atoms with E-state index in [1.54, 1.807) is 19.1 Å². The van der Waals surface area contributed by atoms with Gasteiger partial charge in [-0.25, -0.2) is 0 Å². The molecule has 2 aromatic rings. The predicted octanol–water partition coefficient (Wildman–Crippen LogP) is 2.47. The number of hydrogen-bond acceptors (Lipinski definition) is 2. The van der Waals surface area contributed by atoms with E-state index in [1.807, 2.05) is 48.5 Å². The van der Waals surface area contributed by atoms with E-state index in [-0.39, 0.29) is 0 Å². The molecule has 1 unspecified atom stereocenters. The van der Waals surface area contributed by atoms with Crippen LogP contribution in [0.5, 0.6) is 5.75 Å². The smallest absolute Gasteiger partial charge is 0.266 e. The molecule has 1 amide bonds. The van der Waals surface area contributed by atoms with E-state index in [0.29, 0.717) is 5.75 Å². The summed E-state index contributed by atoms with van der Waals surface area (Å²) in [5.41, 5.74) is 5.06. The number of amides is 1. The zero-order valence-corrected chi connectivity index (χ0v) is 10.2. The van der Waals surface area contributed by atoms with Gasteiger partial charge in [-0.15, -0.1) is 0 Å². The summed E-state index contributed by atoms with van der Waals surface area (Å²) in [5, 5.41) is 0. The Morgan fingerprint density at radius 3 is 2.00 bits per heavy atom. The zero-order valence-electron chi connectivity index (χ0n) is 10.2. The summed E-state index contributed by atoms with van der Waals surface area (Å²) in [6, 6.07) is 18.4. The summed E-state index contributed by atoms with van der Waals surface area (Å²) in [6.45, 7) is 1.68. The van der Waals surface area contributed by atoms with Crippen LogP contribution in [-0.4, -0.2) is 5.91 Å². The Balaban J connectivity index is 2.37. The lowest BCUT2D eigenvalue weighted by Gasteiger charge is -2.27. The highest BCUT2D eigenvalue weighted by Crippen LogP contribution is 2.27. The molecule has 0 aliphatic rings. The van der Waals surface area contributed by atoms with Crippen molar-refractivity contribution in [2.75, 3.05) is 0 Å². The molecular formula is C15H15NO2. The first-order valence-corrected chi connectivity index (χ1v) is 5.72. The molecule has 0 saturated heterocycles. The van der Waals surface area contributed by atoms with Gasteiger partial charge in [0.15, 0.2) is 0 Å². The fourth-order valence-electron chi connectivity index (χ4n) is 1.73. The average Bonchev–Trinajstić information content (AvgIpc) is 2.40. The molecule has 2 rings (SSSR count). The van der Waals surface area contributed by atoms with E-state index in [4.69, 9.17) is 10.5 Å². The van der Waals surface area contributed by atoms with Crippen molar-refractivity contribution in [2.45, 2.75) is 12.5 Å². The first-order valence-electron chi connectivity index (χ1n) is 5.72. The minimum Gasteiger partial charge on any atom is -0.473 e. The number of nitrogens with two attached hydrogens (primary N) is 1. The summed E-state index contributed by atoms with van der Waals surface area (Å²) in [6.07, 6.45) is 0. The van der Waals surface area contributed by atoms with Crippen molar-refractivity contribution in [1.82, 2.24) is 0 Å². The molecule has 0 fully saturated rings. The predicted molar refractivity (Wildman–Crippen MR) is 70.1 cm³/mol. The molecule has 0 aliphatic carbocycles. The Hall–Kier alpha value is -2.29. The van der Waals surface area contributed by atoms with Crippen LogP contribution in [0.3, 0.4) is 0 Å². The molecule has 0 spiro atoms. The molecule has 0 heterocycles. The highest BCUT2D eigenvalue weighted by Gasteiger charge is 2.35. The van der Waals surface area contributed by atoms with Gasteiger partial charge in [-0.1, -0.05) is 48.5 Å².